The number of nitrogens with zero attached hydrogens (tertiary/aromatic N) is 1. The van der Waals surface area contributed by atoms with E-state index < -0.39 is 0 Å². The highest BCUT2D eigenvalue weighted by Crippen LogP contribution is 2.10. The molecule has 0 atom stereocenters. The number of aromatic nitrogens is 1. The van der Waals surface area contributed by atoms with Crippen molar-refractivity contribution >= 4 is 11.3 Å². The first-order valence-electron chi connectivity index (χ1n) is 4.03. The van der Waals surface area contributed by atoms with Crippen LogP contribution in [0.3, 0.4) is 0 Å². The fraction of sp³-hybridized carbons (Fsp3) is 0.556. The lowest BCUT2D eigenvalue weighted by Crippen LogP contribution is -1.84. The van der Waals surface area contributed by atoms with Gasteiger partial charge < -0.3 is 0 Å². The Kier molecular flexibility index (Phi) is 3.57. The highest BCUT2D eigenvalue weighted by molar-refractivity contribution is 7.09. The van der Waals surface area contributed by atoms with E-state index in [1.165, 1.54) is 23.5 Å². The zero-order chi connectivity index (χ0) is 8.10. The SMILES string of the molecule is [CH2]CCCCc1csc(C)n1. The molecule has 0 aliphatic heterocycles. The molecule has 0 aromatic carbocycles. The standard InChI is InChI=1S/C9H14NS/c1-3-4-5-6-9-7-11-8(2)10-9/h7H,1,3-6H2,2H3. The number of hydrogen-bond acceptors (Lipinski definition) is 2. The van der Waals surface area contributed by atoms with Crippen molar-refractivity contribution in [2.45, 2.75) is 32.6 Å². The van der Waals surface area contributed by atoms with Gasteiger partial charge in [0.2, 0.25) is 0 Å². The number of aryl methyl sites for hydroxylation is 2. The zero-order valence-corrected chi connectivity index (χ0v) is 7.78. The highest BCUT2D eigenvalue weighted by Gasteiger charge is 1.96. The van der Waals surface area contributed by atoms with Gasteiger partial charge >= 0.3 is 0 Å². The van der Waals surface area contributed by atoms with Crippen LogP contribution in [-0.4, -0.2) is 4.98 Å². The molecule has 1 nitrogen and oxygen atoms in total. The van der Waals surface area contributed by atoms with Crippen molar-refractivity contribution in [2.24, 2.45) is 0 Å². The number of thiazole rings is 1. The van der Waals surface area contributed by atoms with Crippen LogP contribution < -0.4 is 0 Å². The second-order valence-corrected chi connectivity index (χ2v) is 3.73. The average Bonchev–Trinajstić information content (AvgIpc) is 2.37. The third-order valence-corrected chi connectivity index (χ3v) is 2.42. The van der Waals surface area contributed by atoms with Gasteiger partial charge in [0.25, 0.3) is 0 Å². The first-order chi connectivity index (χ1) is 5.33. The van der Waals surface area contributed by atoms with Gasteiger partial charge in [-0.05, 0) is 19.8 Å². The molecular formula is C9H14NS. The molecule has 0 spiro atoms. The molecule has 2 heteroatoms. The van der Waals surface area contributed by atoms with Gasteiger partial charge in [-0.3, -0.25) is 0 Å². The predicted octanol–water partition coefficient (Wildman–Crippen LogP) is 3.00. The summed E-state index contributed by atoms with van der Waals surface area (Å²) in [5.41, 5.74) is 1.25. The Morgan fingerprint density at radius 2 is 2.36 bits per heavy atom. The maximum atomic E-state index is 4.38. The minimum absolute atomic E-state index is 1.04. The van der Waals surface area contributed by atoms with Crippen LogP contribution in [0.1, 0.15) is 30.0 Å². The van der Waals surface area contributed by atoms with E-state index in [0.29, 0.717) is 0 Å². The van der Waals surface area contributed by atoms with Gasteiger partial charge in [0, 0.05) is 5.38 Å². The smallest absolute Gasteiger partial charge is 0.0897 e. The molecule has 0 aliphatic carbocycles. The Morgan fingerprint density at radius 3 is 2.91 bits per heavy atom. The van der Waals surface area contributed by atoms with E-state index in [9.17, 15) is 0 Å². The Morgan fingerprint density at radius 1 is 1.55 bits per heavy atom. The molecule has 61 valence electrons. The third kappa shape index (κ3) is 3.02. The van der Waals surface area contributed by atoms with Crippen LogP contribution in [0, 0.1) is 13.8 Å². The van der Waals surface area contributed by atoms with E-state index in [1.807, 2.05) is 0 Å². The number of rotatable bonds is 4. The molecule has 11 heavy (non-hydrogen) atoms. The number of hydrogen-bond donors (Lipinski definition) is 0. The van der Waals surface area contributed by atoms with Crippen LogP contribution in [0.5, 0.6) is 0 Å². The molecule has 1 radical (unpaired) electrons. The lowest BCUT2D eigenvalue weighted by Gasteiger charge is -1.93. The molecule has 0 saturated carbocycles. The summed E-state index contributed by atoms with van der Waals surface area (Å²) in [4.78, 5) is 4.38. The topological polar surface area (TPSA) is 12.9 Å². The summed E-state index contributed by atoms with van der Waals surface area (Å²) >= 11 is 1.74. The Labute approximate surface area is 72.5 Å². The molecular weight excluding hydrogens is 154 g/mol. The van der Waals surface area contributed by atoms with Crippen LogP contribution in [0.4, 0.5) is 0 Å². The van der Waals surface area contributed by atoms with Crippen molar-refractivity contribution in [2.75, 3.05) is 0 Å². The quantitative estimate of drug-likeness (QED) is 0.630. The molecule has 1 rings (SSSR count). The first-order valence-corrected chi connectivity index (χ1v) is 4.91. The summed E-state index contributed by atoms with van der Waals surface area (Å²) in [5, 5.41) is 3.33. The van der Waals surface area contributed by atoms with Gasteiger partial charge in [-0.15, -0.1) is 11.3 Å². The van der Waals surface area contributed by atoms with Crippen molar-refractivity contribution in [1.29, 1.82) is 0 Å². The van der Waals surface area contributed by atoms with Crippen molar-refractivity contribution in [3.63, 3.8) is 0 Å². The largest absolute Gasteiger partial charge is 0.247 e. The second-order valence-electron chi connectivity index (χ2n) is 2.67. The fourth-order valence-electron chi connectivity index (χ4n) is 1.01. The minimum Gasteiger partial charge on any atom is -0.247 e. The molecule has 0 N–H and O–H groups in total. The number of unbranched alkanes of at least 4 members (excludes halogenated alkanes) is 2. The third-order valence-electron chi connectivity index (χ3n) is 1.60. The molecule has 0 unspecified atom stereocenters. The van der Waals surface area contributed by atoms with Crippen LogP contribution >= 0.6 is 11.3 Å². The minimum atomic E-state index is 1.04. The van der Waals surface area contributed by atoms with Gasteiger partial charge in [0.1, 0.15) is 0 Å². The van der Waals surface area contributed by atoms with Crippen LogP contribution in [0.15, 0.2) is 5.38 Å². The van der Waals surface area contributed by atoms with Crippen LogP contribution in [0.25, 0.3) is 0 Å². The molecule has 0 saturated heterocycles. The fourth-order valence-corrected chi connectivity index (χ4v) is 1.65. The van der Waals surface area contributed by atoms with Gasteiger partial charge in [-0.2, -0.15) is 0 Å². The van der Waals surface area contributed by atoms with E-state index >= 15 is 0 Å². The van der Waals surface area contributed by atoms with Gasteiger partial charge in [0.05, 0.1) is 10.7 Å². The van der Waals surface area contributed by atoms with Gasteiger partial charge in [-0.1, -0.05) is 19.8 Å². The van der Waals surface area contributed by atoms with E-state index in [4.69, 9.17) is 0 Å². The first kappa shape index (κ1) is 8.72. The summed E-state index contributed by atoms with van der Waals surface area (Å²) < 4.78 is 0. The summed E-state index contributed by atoms with van der Waals surface area (Å²) in [6.07, 6.45) is 4.62. The maximum Gasteiger partial charge on any atom is 0.0897 e. The van der Waals surface area contributed by atoms with E-state index in [0.717, 1.165) is 12.8 Å². The summed E-state index contributed by atoms with van der Waals surface area (Å²) in [6.45, 7) is 5.86. The second kappa shape index (κ2) is 4.50. The van der Waals surface area contributed by atoms with Crippen LogP contribution in [-0.2, 0) is 6.42 Å². The van der Waals surface area contributed by atoms with Crippen molar-refractivity contribution in [1.82, 2.24) is 4.98 Å². The Balaban J connectivity index is 2.27. The van der Waals surface area contributed by atoms with Gasteiger partial charge in [0.15, 0.2) is 0 Å². The normalized spacial score (nSPS) is 10.4. The van der Waals surface area contributed by atoms with E-state index in [-0.39, 0.29) is 0 Å². The average molecular weight is 168 g/mol. The summed E-state index contributed by atoms with van der Waals surface area (Å²) in [6, 6.07) is 0. The molecule has 1 heterocycles. The monoisotopic (exact) mass is 168 g/mol. The van der Waals surface area contributed by atoms with Crippen LogP contribution in [0.2, 0.25) is 0 Å². The lowest BCUT2D eigenvalue weighted by molar-refractivity contribution is 0.735. The summed E-state index contributed by atoms with van der Waals surface area (Å²) in [5.74, 6) is 0. The molecule has 0 amide bonds. The van der Waals surface area contributed by atoms with Crippen molar-refractivity contribution in [3.8, 4) is 0 Å². The summed E-state index contributed by atoms with van der Waals surface area (Å²) in [7, 11) is 0. The van der Waals surface area contributed by atoms with Crippen molar-refractivity contribution < 1.29 is 0 Å². The zero-order valence-electron chi connectivity index (χ0n) is 6.97. The Hall–Kier alpha value is -0.370. The Bertz CT molecular complexity index is 205. The molecule has 1 aromatic rings. The molecule has 1 aromatic heterocycles. The van der Waals surface area contributed by atoms with E-state index in [2.05, 4.69) is 24.2 Å². The maximum absolute atomic E-state index is 4.38. The lowest BCUT2D eigenvalue weighted by atomic mass is 10.2. The molecule has 0 bridgehead atoms. The molecule has 0 aliphatic rings. The molecule has 0 fully saturated rings. The van der Waals surface area contributed by atoms with Crippen molar-refractivity contribution in [3.05, 3.63) is 23.0 Å². The highest BCUT2D eigenvalue weighted by atomic mass is 32.1. The van der Waals surface area contributed by atoms with Gasteiger partial charge in [-0.25, -0.2) is 4.98 Å². The predicted molar refractivity (Wildman–Crippen MR) is 49.8 cm³/mol. The van der Waals surface area contributed by atoms with E-state index in [1.54, 1.807) is 11.3 Å².